The molecule has 1 unspecified atom stereocenters. The second-order valence-corrected chi connectivity index (χ2v) is 6.41. The Balaban J connectivity index is 0.00000144. The number of carbonyl (C=O) groups is 1. The highest BCUT2D eigenvalue weighted by Crippen LogP contribution is 2.21. The summed E-state index contributed by atoms with van der Waals surface area (Å²) in [4.78, 5) is 20.8. The summed E-state index contributed by atoms with van der Waals surface area (Å²) >= 11 is 1.53. The number of rotatable bonds is 5. The van der Waals surface area contributed by atoms with Gasteiger partial charge in [0.05, 0.1) is 17.8 Å². The quantitative estimate of drug-likeness (QED) is 0.825. The molecule has 5 nitrogen and oxygen atoms in total. The third-order valence-electron chi connectivity index (χ3n) is 3.76. The van der Waals surface area contributed by atoms with E-state index in [2.05, 4.69) is 20.6 Å². The van der Waals surface area contributed by atoms with Gasteiger partial charge in [0.2, 0.25) is 5.91 Å². The van der Waals surface area contributed by atoms with Gasteiger partial charge in [-0.15, -0.1) is 36.2 Å². The first-order chi connectivity index (χ1) is 10.8. The Morgan fingerprint density at radius 1 is 1.38 bits per heavy atom. The number of nitrogens with one attached hydrogen (secondary N) is 2. The molecule has 8 heteroatoms. The van der Waals surface area contributed by atoms with E-state index < -0.39 is 0 Å². The van der Waals surface area contributed by atoms with Crippen molar-refractivity contribution in [3.05, 3.63) is 35.5 Å². The average molecular weight is 389 g/mol. The Labute approximate surface area is 158 Å². The van der Waals surface area contributed by atoms with Gasteiger partial charge in [0, 0.05) is 18.1 Å². The van der Waals surface area contributed by atoms with Crippen LogP contribution in [0.1, 0.15) is 18.5 Å². The molecular formula is C16H22Cl2N4OS. The topological polar surface area (TPSA) is 66.9 Å². The number of hydrogen-bond acceptors (Lipinski definition) is 5. The summed E-state index contributed by atoms with van der Waals surface area (Å²) in [5, 5.41) is 9.18. The highest BCUT2D eigenvalue weighted by Gasteiger charge is 2.15. The van der Waals surface area contributed by atoms with Crippen LogP contribution < -0.4 is 10.6 Å². The zero-order valence-electron chi connectivity index (χ0n) is 13.2. The number of amides is 1. The van der Waals surface area contributed by atoms with Crippen LogP contribution in [0.4, 0.5) is 0 Å². The molecule has 2 aromatic rings. The van der Waals surface area contributed by atoms with E-state index in [0.29, 0.717) is 12.3 Å². The second-order valence-electron chi connectivity index (χ2n) is 5.55. The van der Waals surface area contributed by atoms with E-state index in [9.17, 15) is 4.79 Å². The number of aromatic nitrogens is 2. The van der Waals surface area contributed by atoms with Crippen molar-refractivity contribution in [1.82, 2.24) is 20.6 Å². The van der Waals surface area contributed by atoms with Crippen LogP contribution in [0.5, 0.6) is 0 Å². The maximum absolute atomic E-state index is 12.0. The lowest BCUT2D eigenvalue weighted by Crippen LogP contribution is -2.38. The van der Waals surface area contributed by atoms with Gasteiger partial charge >= 0.3 is 0 Å². The normalized spacial score (nSPS) is 16.6. The van der Waals surface area contributed by atoms with Crippen molar-refractivity contribution < 1.29 is 4.79 Å². The van der Waals surface area contributed by atoms with E-state index in [-0.39, 0.29) is 30.7 Å². The number of carbonyl (C=O) groups excluding carboxylic acids is 1. The Morgan fingerprint density at radius 3 is 2.96 bits per heavy atom. The average Bonchev–Trinajstić information content (AvgIpc) is 3.03. The fourth-order valence-corrected chi connectivity index (χ4v) is 3.37. The van der Waals surface area contributed by atoms with Gasteiger partial charge in [0.25, 0.3) is 0 Å². The minimum atomic E-state index is 0. The lowest BCUT2D eigenvalue weighted by atomic mass is 10.00. The molecule has 132 valence electrons. The van der Waals surface area contributed by atoms with Crippen molar-refractivity contribution in [1.29, 1.82) is 0 Å². The van der Waals surface area contributed by atoms with Crippen molar-refractivity contribution in [3.63, 3.8) is 0 Å². The van der Waals surface area contributed by atoms with Crippen LogP contribution in [0.2, 0.25) is 0 Å². The van der Waals surface area contributed by atoms with Crippen LogP contribution in [0.3, 0.4) is 0 Å². The van der Waals surface area contributed by atoms with Crippen LogP contribution in [-0.4, -0.2) is 35.5 Å². The molecule has 2 aromatic heterocycles. The molecule has 0 saturated carbocycles. The number of thiazole rings is 1. The summed E-state index contributed by atoms with van der Waals surface area (Å²) in [5.74, 6) is 0.598. The van der Waals surface area contributed by atoms with Gasteiger partial charge in [-0.3, -0.25) is 9.78 Å². The van der Waals surface area contributed by atoms with Crippen LogP contribution in [0.25, 0.3) is 10.7 Å². The van der Waals surface area contributed by atoms with Gasteiger partial charge < -0.3 is 10.6 Å². The molecule has 1 fully saturated rings. The molecule has 1 amide bonds. The molecule has 1 atom stereocenters. The van der Waals surface area contributed by atoms with Gasteiger partial charge in [-0.2, -0.15) is 0 Å². The first-order valence-corrected chi connectivity index (χ1v) is 8.52. The monoisotopic (exact) mass is 388 g/mol. The van der Waals surface area contributed by atoms with Gasteiger partial charge in [-0.05, 0) is 44.0 Å². The molecule has 1 saturated heterocycles. The first kappa shape index (κ1) is 20.8. The molecule has 1 aliphatic heterocycles. The van der Waals surface area contributed by atoms with Crippen LogP contribution in [0, 0.1) is 5.92 Å². The Bertz CT molecular complexity index is 618. The maximum atomic E-state index is 12.0. The standard InChI is InChI=1S/C16H20N4OS.2ClH/c21-15(19-10-12-4-3-6-17-9-12)8-13-11-22-16(20-13)14-5-1-2-7-18-14;;/h1-2,5,7,11-12,17H,3-4,6,8-10H2,(H,19,21);2*1H. The second kappa shape index (κ2) is 10.6. The van der Waals surface area contributed by atoms with E-state index in [1.807, 2.05) is 23.6 Å². The van der Waals surface area contributed by atoms with E-state index in [4.69, 9.17) is 0 Å². The summed E-state index contributed by atoms with van der Waals surface area (Å²) in [6.07, 6.45) is 4.47. The van der Waals surface area contributed by atoms with Crippen molar-refractivity contribution in [2.24, 2.45) is 5.92 Å². The summed E-state index contributed by atoms with van der Waals surface area (Å²) in [6, 6.07) is 5.75. The molecule has 0 spiro atoms. The van der Waals surface area contributed by atoms with Crippen molar-refractivity contribution in [2.75, 3.05) is 19.6 Å². The summed E-state index contributed by atoms with van der Waals surface area (Å²) in [6.45, 7) is 2.85. The summed E-state index contributed by atoms with van der Waals surface area (Å²) in [7, 11) is 0. The molecular weight excluding hydrogens is 367 g/mol. The van der Waals surface area contributed by atoms with Crippen molar-refractivity contribution >= 4 is 42.1 Å². The van der Waals surface area contributed by atoms with Crippen LogP contribution in [0.15, 0.2) is 29.8 Å². The van der Waals surface area contributed by atoms with Crippen molar-refractivity contribution in [3.8, 4) is 10.7 Å². The zero-order chi connectivity index (χ0) is 15.2. The number of hydrogen-bond donors (Lipinski definition) is 2. The predicted octanol–water partition coefficient (Wildman–Crippen LogP) is 2.71. The van der Waals surface area contributed by atoms with E-state index >= 15 is 0 Å². The van der Waals surface area contributed by atoms with Gasteiger partial charge in [-0.25, -0.2) is 4.98 Å². The van der Waals surface area contributed by atoms with E-state index in [0.717, 1.165) is 36.0 Å². The Morgan fingerprint density at radius 2 is 2.25 bits per heavy atom. The van der Waals surface area contributed by atoms with E-state index in [1.54, 1.807) is 6.20 Å². The fourth-order valence-electron chi connectivity index (χ4n) is 2.58. The molecule has 1 aliphatic rings. The predicted molar refractivity (Wildman–Crippen MR) is 102 cm³/mol. The molecule has 0 aliphatic carbocycles. The summed E-state index contributed by atoms with van der Waals surface area (Å²) < 4.78 is 0. The molecule has 0 bridgehead atoms. The minimum absolute atomic E-state index is 0. The van der Waals surface area contributed by atoms with Crippen LogP contribution >= 0.6 is 36.2 Å². The molecule has 2 N–H and O–H groups in total. The molecule has 3 heterocycles. The third kappa shape index (κ3) is 6.02. The lowest BCUT2D eigenvalue weighted by molar-refractivity contribution is -0.120. The number of halogens is 2. The highest BCUT2D eigenvalue weighted by atomic mass is 35.5. The van der Waals surface area contributed by atoms with Gasteiger partial charge in [0.15, 0.2) is 0 Å². The molecule has 0 aromatic carbocycles. The van der Waals surface area contributed by atoms with Gasteiger partial charge in [-0.1, -0.05) is 6.07 Å². The third-order valence-corrected chi connectivity index (χ3v) is 4.68. The largest absolute Gasteiger partial charge is 0.355 e. The Hall–Kier alpha value is -1.21. The Kier molecular flexibility index (Phi) is 9.21. The minimum Gasteiger partial charge on any atom is -0.355 e. The van der Waals surface area contributed by atoms with Crippen molar-refractivity contribution in [2.45, 2.75) is 19.3 Å². The lowest BCUT2D eigenvalue weighted by Gasteiger charge is -2.22. The number of piperidine rings is 1. The maximum Gasteiger partial charge on any atom is 0.226 e. The van der Waals surface area contributed by atoms with Gasteiger partial charge in [0.1, 0.15) is 5.01 Å². The number of nitrogens with zero attached hydrogens (tertiary/aromatic N) is 2. The smallest absolute Gasteiger partial charge is 0.226 e. The summed E-state index contributed by atoms with van der Waals surface area (Å²) in [5.41, 5.74) is 1.66. The molecule has 0 radical (unpaired) electrons. The highest BCUT2D eigenvalue weighted by molar-refractivity contribution is 7.13. The number of pyridine rings is 1. The molecule has 24 heavy (non-hydrogen) atoms. The molecule has 3 rings (SSSR count). The zero-order valence-corrected chi connectivity index (χ0v) is 15.7. The van der Waals surface area contributed by atoms with E-state index in [1.165, 1.54) is 24.2 Å². The fraction of sp³-hybridized carbons (Fsp3) is 0.438. The SMILES string of the molecule is Cl.Cl.O=C(Cc1csc(-c2ccccn2)n1)NCC1CCCNC1. The first-order valence-electron chi connectivity index (χ1n) is 7.64. The van der Waals surface area contributed by atoms with Crippen LogP contribution in [-0.2, 0) is 11.2 Å².